The second-order valence-corrected chi connectivity index (χ2v) is 5.67. The lowest BCUT2D eigenvalue weighted by molar-refractivity contribution is 0.103. The third-order valence-corrected chi connectivity index (χ3v) is 4.43. The SMILES string of the molecule is COc1ccc(COCc2nn3c(c2Br)CCC3)cc1. The van der Waals surface area contributed by atoms with E-state index in [9.17, 15) is 0 Å². The molecule has 1 aromatic carbocycles. The molecule has 2 heterocycles. The molecule has 0 radical (unpaired) electrons. The Hall–Kier alpha value is -1.33. The summed E-state index contributed by atoms with van der Waals surface area (Å²) < 4.78 is 14.1. The summed E-state index contributed by atoms with van der Waals surface area (Å²) in [7, 11) is 1.67. The van der Waals surface area contributed by atoms with Crippen LogP contribution in [-0.4, -0.2) is 16.9 Å². The summed E-state index contributed by atoms with van der Waals surface area (Å²) in [6.45, 7) is 2.14. The molecule has 3 rings (SSSR count). The topological polar surface area (TPSA) is 36.3 Å². The van der Waals surface area contributed by atoms with Crippen LogP contribution < -0.4 is 4.74 Å². The first-order valence-corrected chi connectivity index (χ1v) is 7.52. The van der Waals surface area contributed by atoms with Crippen LogP contribution in [0.15, 0.2) is 28.7 Å². The van der Waals surface area contributed by atoms with Crippen molar-refractivity contribution < 1.29 is 9.47 Å². The van der Waals surface area contributed by atoms with Crippen LogP contribution in [0, 0.1) is 0 Å². The molecule has 5 heteroatoms. The Kier molecular flexibility index (Phi) is 4.08. The maximum Gasteiger partial charge on any atom is 0.118 e. The van der Waals surface area contributed by atoms with E-state index < -0.39 is 0 Å². The number of nitrogens with zero attached hydrogens (tertiary/aromatic N) is 2. The number of hydrogen-bond donors (Lipinski definition) is 0. The average molecular weight is 337 g/mol. The van der Waals surface area contributed by atoms with Crippen LogP contribution in [0.1, 0.15) is 23.4 Å². The van der Waals surface area contributed by atoms with Gasteiger partial charge in [-0.3, -0.25) is 4.68 Å². The minimum Gasteiger partial charge on any atom is -0.497 e. The van der Waals surface area contributed by atoms with E-state index in [4.69, 9.17) is 9.47 Å². The van der Waals surface area contributed by atoms with Gasteiger partial charge >= 0.3 is 0 Å². The van der Waals surface area contributed by atoms with Crippen LogP contribution >= 0.6 is 15.9 Å². The highest BCUT2D eigenvalue weighted by Gasteiger charge is 2.19. The minimum atomic E-state index is 0.534. The maximum atomic E-state index is 5.75. The van der Waals surface area contributed by atoms with Gasteiger partial charge in [-0.2, -0.15) is 5.10 Å². The van der Waals surface area contributed by atoms with E-state index in [2.05, 4.69) is 25.7 Å². The zero-order valence-corrected chi connectivity index (χ0v) is 13.0. The second-order valence-electron chi connectivity index (χ2n) is 4.87. The molecule has 1 aliphatic rings. The number of aryl methyl sites for hydroxylation is 1. The fourth-order valence-corrected chi connectivity index (χ4v) is 3.03. The molecule has 0 N–H and O–H groups in total. The summed E-state index contributed by atoms with van der Waals surface area (Å²) >= 11 is 3.63. The van der Waals surface area contributed by atoms with Crippen LogP contribution in [-0.2, 0) is 30.9 Å². The van der Waals surface area contributed by atoms with Crippen molar-refractivity contribution in [2.24, 2.45) is 0 Å². The predicted octanol–water partition coefficient (Wildman–Crippen LogP) is 3.32. The molecule has 1 aliphatic heterocycles. The summed E-state index contributed by atoms with van der Waals surface area (Å²) in [5, 5.41) is 4.57. The predicted molar refractivity (Wildman–Crippen MR) is 79.7 cm³/mol. The fraction of sp³-hybridized carbons (Fsp3) is 0.400. The fourth-order valence-electron chi connectivity index (χ4n) is 2.43. The highest BCUT2D eigenvalue weighted by molar-refractivity contribution is 9.10. The Morgan fingerprint density at radius 2 is 2.05 bits per heavy atom. The van der Waals surface area contributed by atoms with Gasteiger partial charge in [0.15, 0.2) is 0 Å². The Morgan fingerprint density at radius 1 is 1.25 bits per heavy atom. The van der Waals surface area contributed by atoms with E-state index in [1.165, 1.54) is 12.1 Å². The van der Waals surface area contributed by atoms with Gasteiger partial charge < -0.3 is 9.47 Å². The maximum absolute atomic E-state index is 5.75. The number of fused-ring (bicyclic) bond motifs is 1. The van der Waals surface area contributed by atoms with E-state index in [1.807, 2.05) is 24.3 Å². The quantitative estimate of drug-likeness (QED) is 0.840. The number of rotatable bonds is 5. The van der Waals surface area contributed by atoms with Crippen molar-refractivity contribution in [3.63, 3.8) is 0 Å². The number of methoxy groups -OCH3 is 1. The first kappa shape index (κ1) is 13.6. The highest BCUT2D eigenvalue weighted by atomic mass is 79.9. The van der Waals surface area contributed by atoms with Crippen LogP contribution in [0.4, 0.5) is 0 Å². The third-order valence-electron chi connectivity index (χ3n) is 3.51. The van der Waals surface area contributed by atoms with E-state index >= 15 is 0 Å². The van der Waals surface area contributed by atoms with Gasteiger partial charge in [-0.25, -0.2) is 0 Å². The van der Waals surface area contributed by atoms with Crippen molar-refractivity contribution >= 4 is 15.9 Å². The second kappa shape index (κ2) is 5.97. The monoisotopic (exact) mass is 336 g/mol. The van der Waals surface area contributed by atoms with Crippen LogP contribution in [0.2, 0.25) is 0 Å². The summed E-state index contributed by atoms with van der Waals surface area (Å²) in [6.07, 6.45) is 2.29. The van der Waals surface area contributed by atoms with Gasteiger partial charge in [0, 0.05) is 6.54 Å². The lowest BCUT2D eigenvalue weighted by atomic mass is 10.2. The summed E-state index contributed by atoms with van der Waals surface area (Å²) in [6, 6.07) is 7.92. The van der Waals surface area contributed by atoms with Crippen molar-refractivity contribution in [1.82, 2.24) is 9.78 Å². The van der Waals surface area contributed by atoms with E-state index in [0.717, 1.165) is 34.4 Å². The molecule has 0 atom stereocenters. The first-order chi connectivity index (χ1) is 9.78. The molecule has 0 saturated heterocycles. The summed E-state index contributed by atoms with van der Waals surface area (Å²) in [4.78, 5) is 0. The molecule has 2 aromatic rings. The molecule has 0 saturated carbocycles. The van der Waals surface area contributed by atoms with E-state index in [-0.39, 0.29) is 0 Å². The standard InChI is InChI=1S/C15H17BrN2O2/c1-19-12-6-4-11(5-7-12)9-20-10-13-15(16)14-3-2-8-18(14)17-13/h4-7H,2-3,8-10H2,1H3. The van der Waals surface area contributed by atoms with Gasteiger partial charge in [0.2, 0.25) is 0 Å². The molecule has 0 amide bonds. The number of aromatic nitrogens is 2. The Morgan fingerprint density at radius 3 is 2.75 bits per heavy atom. The molecule has 20 heavy (non-hydrogen) atoms. The normalized spacial score (nSPS) is 13.5. The van der Waals surface area contributed by atoms with Gasteiger partial charge in [-0.05, 0) is 46.5 Å². The molecular formula is C15H17BrN2O2. The highest BCUT2D eigenvalue weighted by Crippen LogP contribution is 2.27. The summed E-state index contributed by atoms with van der Waals surface area (Å²) in [5.74, 6) is 0.863. The Balaban J connectivity index is 1.57. The molecule has 0 bridgehead atoms. The van der Waals surface area contributed by atoms with E-state index in [0.29, 0.717) is 13.2 Å². The van der Waals surface area contributed by atoms with Crippen molar-refractivity contribution in [1.29, 1.82) is 0 Å². The van der Waals surface area contributed by atoms with Gasteiger partial charge in [0.1, 0.15) is 11.4 Å². The van der Waals surface area contributed by atoms with Crippen molar-refractivity contribution in [3.8, 4) is 5.75 Å². The Bertz CT molecular complexity index is 593. The van der Waals surface area contributed by atoms with Crippen molar-refractivity contribution in [2.45, 2.75) is 32.6 Å². The molecule has 0 spiro atoms. The summed E-state index contributed by atoms with van der Waals surface area (Å²) in [5.41, 5.74) is 3.43. The third kappa shape index (κ3) is 2.74. The zero-order valence-electron chi connectivity index (χ0n) is 11.4. The van der Waals surface area contributed by atoms with Gasteiger partial charge in [0.25, 0.3) is 0 Å². The molecule has 0 fully saturated rings. The van der Waals surface area contributed by atoms with E-state index in [1.54, 1.807) is 7.11 Å². The largest absolute Gasteiger partial charge is 0.497 e. The average Bonchev–Trinajstić information content (AvgIpc) is 3.04. The van der Waals surface area contributed by atoms with Gasteiger partial charge in [-0.1, -0.05) is 12.1 Å². The Labute approximate surface area is 126 Å². The number of hydrogen-bond acceptors (Lipinski definition) is 3. The number of ether oxygens (including phenoxy) is 2. The molecule has 4 nitrogen and oxygen atoms in total. The van der Waals surface area contributed by atoms with Crippen molar-refractivity contribution in [3.05, 3.63) is 45.7 Å². The molecule has 1 aromatic heterocycles. The van der Waals surface area contributed by atoms with Gasteiger partial charge in [0.05, 0.1) is 30.5 Å². The number of benzene rings is 1. The minimum absolute atomic E-state index is 0.534. The zero-order chi connectivity index (χ0) is 13.9. The van der Waals surface area contributed by atoms with Crippen LogP contribution in [0.3, 0.4) is 0 Å². The van der Waals surface area contributed by atoms with Crippen LogP contribution in [0.5, 0.6) is 5.75 Å². The lowest BCUT2D eigenvalue weighted by Gasteiger charge is -2.05. The van der Waals surface area contributed by atoms with Crippen molar-refractivity contribution in [2.75, 3.05) is 7.11 Å². The molecule has 0 aliphatic carbocycles. The van der Waals surface area contributed by atoms with Gasteiger partial charge in [-0.15, -0.1) is 0 Å². The molecule has 0 unspecified atom stereocenters. The lowest BCUT2D eigenvalue weighted by Crippen LogP contribution is -1.99. The first-order valence-electron chi connectivity index (χ1n) is 6.72. The molecular weight excluding hydrogens is 320 g/mol. The smallest absolute Gasteiger partial charge is 0.118 e. The van der Waals surface area contributed by atoms with Crippen LogP contribution in [0.25, 0.3) is 0 Å². The number of halogens is 1. The molecule has 106 valence electrons.